The highest BCUT2D eigenvalue weighted by Crippen LogP contribution is 2.33. The smallest absolute Gasteiger partial charge is 0.323 e. The van der Waals surface area contributed by atoms with Crippen LogP contribution < -0.4 is 0 Å². The lowest BCUT2D eigenvalue weighted by Gasteiger charge is -2.17. The van der Waals surface area contributed by atoms with Crippen LogP contribution in [-0.2, 0) is 9.84 Å². The molecule has 6 nitrogen and oxygen atoms in total. The molecule has 0 aliphatic rings. The number of halogens is 2. The van der Waals surface area contributed by atoms with Crippen LogP contribution >= 0.6 is 27.5 Å². The van der Waals surface area contributed by atoms with Crippen LogP contribution in [0.15, 0.2) is 38.8 Å². The van der Waals surface area contributed by atoms with Gasteiger partial charge >= 0.3 is 6.03 Å². The van der Waals surface area contributed by atoms with Crippen LogP contribution in [0.4, 0.5) is 4.79 Å². The number of nitrogens with zero attached hydrogens (tertiary/aromatic N) is 3. The number of sulfone groups is 1. The number of carbonyl (C=O) groups excluding carboxylic acids is 1. The molecular weight excluding hydrogens is 418 g/mol. The summed E-state index contributed by atoms with van der Waals surface area (Å²) < 4.78 is 27.1. The molecule has 2 aromatic rings. The maximum atomic E-state index is 12.9. The molecule has 1 aromatic heterocycles. The van der Waals surface area contributed by atoms with Crippen molar-refractivity contribution in [3.63, 3.8) is 0 Å². The van der Waals surface area contributed by atoms with Crippen LogP contribution in [0, 0.1) is 6.92 Å². The van der Waals surface area contributed by atoms with Crippen LogP contribution in [-0.4, -0.2) is 42.2 Å². The van der Waals surface area contributed by atoms with Crippen LogP contribution in [0.1, 0.15) is 19.4 Å². The second-order valence-corrected chi connectivity index (χ2v) is 8.13. The average Bonchev–Trinajstić information content (AvgIpc) is 2.90. The third-order valence-corrected chi connectivity index (χ3v) is 6.72. The average molecular weight is 435 g/mol. The summed E-state index contributed by atoms with van der Waals surface area (Å²) in [5.74, 6) is 0. The first-order chi connectivity index (χ1) is 11.2. The second-order valence-electron chi connectivity index (χ2n) is 5.07. The molecule has 1 amide bonds. The lowest BCUT2D eigenvalue weighted by atomic mass is 10.2. The van der Waals surface area contributed by atoms with Crippen molar-refractivity contribution in [2.75, 3.05) is 13.1 Å². The number of rotatable bonds is 4. The van der Waals surface area contributed by atoms with Gasteiger partial charge in [-0.2, -0.15) is 9.78 Å². The van der Waals surface area contributed by atoms with E-state index >= 15 is 0 Å². The summed E-state index contributed by atoms with van der Waals surface area (Å²) >= 11 is 9.26. The summed E-state index contributed by atoms with van der Waals surface area (Å²) in [6.07, 6.45) is 1.35. The number of amides is 1. The monoisotopic (exact) mass is 433 g/mol. The summed E-state index contributed by atoms with van der Waals surface area (Å²) in [5, 5.41) is 3.87. The molecule has 0 unspecified atom stereocenters. The number of benzene rings is 1. The van der Waals surface area contributed by atoms with Gasteiger partial charge in [0.15, 0.2) is 5.03 Å². The van der Waals surface area contributed by atoms with Gasteiger partial charge < -0.3 is 4.90 Å². The van der Waals surface area contributed by atoms with Crippen molar-refractivity contribution < 1.29 is 13.2 Å². The Balaban J connectivity index is 2.56. The van der Waals surface area contributed by atoms with Gasteiger partial charge in [0.2, 0.25) is 9.84 Å². The van der Waals surface area contributed by atoms with Crippen LogP contribution in [0.5, 0.6) is 0 Å². The molecule has 0 spiro atoms. The first kappa shape index (κ1) is 19.0. The number of carbonyl (C=O) groups is 1. The standard InChI is InChI=1S/C15H17BrClN3O3S/c1-4-19(5-2)15(21)20-9-11(16)14(18-20)24(22,23)13-10(3)7-6-8-12(13)17/h6-9H,4-5H2,1-3H3. The normalized spacial score (nSPS) is 11.5. The predicted molar refractivity (Wildman–Crippen MR) is 95.3 cm³/mol. The van der Waals surface area contributed by atoms with Crippen molar-refractivity contribution in [3.8, 4) is 0 Å². The highest BCUT2D eigenvalue weighted by Gasteiger charge is 2.29. The molecule has 0 bridgehead atoms. The van der Waals surface area contributed by atoms with Crippen LogP contribution in [0.2, 0.25) is 5.02 Å². The third-order valence-electron chi connectivity index (χ3n) is 3.56. The summed E-state index contributed by atoms with van der Waals surface area (Å²) in [6.45, 7) is 6.33. The van der Waals surface area contributed by atoms with E-state index < -0.39 is 15.9 Å². The fourth-order valence-corrected chi connectivity index (χ4v) is 5.26. The van der Waals surface area contributed by atoms with Crippen molar-refractivity contribution in [1.29, 1.82) is 0 Å². The fourth-order valence-electron chi connectivity index (χ4n) is 2.31. The van der Waals surface area contributed by atoms with E-state index in [4.69, 9.17) is 11.6 Å². The molecule has 130 valence electrons. The Morgan fingerprint density at radius 2 is 1.96 bits per heavy atom. The zero-order chi connectivity index (χ0) is 18.1. The van der Waals surface area contributed by atoms with Crippen molar-refractivity contribution in [1.82, 2.24) is 14.7 Å². The zero-order valence-electron chi connectivity index (χ0n) is 13.5. The van der Waals surface area contributed by atoms with Crippen molar-refractivity contribution in [2.24, 2.45) is 0 Å². The largest absolute Gasteiger partial charge is 0.344 e. The van der Waals surface area contributed by atoms with Gasteiger partial charge in [0.25, 0.3) is 0 Å². The van der Waals surface area contributed by atoms with Gasteiger partial charge in [0.1, 0.15) is 0 Å². The van der Waals surface area contributed by atoms with Gasteiger partial charge in [-0.05, 0) is 48.3 Å². The van der Waals surface area contributed by atoms with E-state index in [1.165, 1.54) is 17.2 Å². The van der Waals surface area contributed by atoms with E-state index in [1.807, 2.05) is 13.8 Å². The van der Waals surface area contributed by atoms with Gasteiger partial charge in [-0.25, -0.2) is 13.2 Å². The summed E-state index contributed by atoms with van der Waals surface area (Å²) in [5.41, 5.74) is 0.513. The van der Waals surface area contributed by atoms with Gasteiger partial charge in [-0.1, -0.05) is 23.7 Å². The molecule has 1 heterocycles. The van der Waals surface area contributed by atoms with Crippen LogP contribution in [0.3, 0.4) is 0 Å². The minimum atomic E-state index is -3.96. The molecule has 0 radical (unpaired) electrons. The third kappa shape index (κ3) is 3.36. The maximum absolute atomic E-state index is 12.9. The van der Waals surface area contributed by atoms with E-state index in [0.717, 1.165) is 4.68 Å². The number of hydrogen-bond donors (Lipinski definition) is 0. The molecule has 0 fully saturated rings. The number of aromatic nitrogens is 2. The van der Waals surface area contributed by atoms with Crippen molar-refractivity contribution in [3.05, 3.63) is 39.5 Å². The summed E-state index contributed by atoms with van der Waals surface area (Å²) in [6, 6.07) is 4.45. The van der Waals surface area contributed by atoms with Crippen LogP contribution in [0.25, 0.3) is 0 Å². The second kappa shape index (κ2) is 7.25. The van der Waals surface area contributed by atoms with Gasteiger partial charge in [0, 0.05) is 13.1 Å². The zero-order valence-corrected chi connectivity index (χ0v) is 16.6. The van der Waals surface area contributed by atoms with E-state index in [1.54, 1.807) is 19.1 Å². The minimum absolute atomic E-state index is 0.00657. The van der Waals surface area contributed by atoms with Crippen molar-refractivity contribution >= 4 is 43.4 Å². The molecule has 0 atom stereocenters. The molecule has 0 aliphatic heterocycles. The summed E-state index contributed by atoms with van der Waals surface area (Å²) in [7, 11) is -3.96. The minimum Gasteiger partial charge on any atom is -0.323 e. The lowest BCUT2D eigenvalue weighted by Crippen LogP contribution is -2.34. The van der Waals surface area contributed by atoms with Crippen molar-refractivity contribution in [2.45, 2.75) is 30.7 Å². The Hall–Kier alpha value is -1.38. The fraction of sp³-hybridized carbons (Fsp3) is 0.333. The molecule has 9 heteroatoms. The summed E-state index contributed by atoms with van der Waals surface area (Å²) in [4.78, 5) is 13.9. The highest BCUT2D eigenvalue weighted by atomic mass is 79.9. The molecule has 1 aromatic carbocycles. The Morgan fingerprint density at radius 3 is 2.50 bits per heavy atom. The Morgan fingerprint density at radius 1 is 1.33 bits per heavy atom. The van der Waals surface area contributed by atoms with E-state index in [0.29, 0.717) is 18.7 Å². The van der Waals surface area contributed by atoms with E-state index in [2.05, 4.69) is 21.0 Å². The highest BCUT2D eigenvalue weighted by molar-refractivity contribution is 9.10. The quantitative estimate of drug-likeness (QED) is 0.734. The maximum Gasteiger partial charge on any atom is 0.344 e. The SMILES string of the molecule is CCN(CC)C(=O)n1cc(Br)c(S(=O)(=O)c2c(C)cccc2Cl)n1. The number of aryl methyl sites for hydroxylation is 1. The van der Waals surface area contributed by atoms with E-state index in [9.17, 15) is 13.2 Å². The van der Waals surface area contributed by atoms with Gasteiger partial charge in [-0.15, -0.1) is 0 Å². The van der Waals surface area contributed by atoms with Gasteiger partial charge in [0.05, 0.1) is 20.6 Å². The Labute approximate surface area is 154 Å². The molecule has 2 rings (SSSR count). The first-order valence-corrected chi connectivity index (χ1v) is 9.94. The lowest BCUT2D eigenvalue weighted by molar-refractivity contribution is 0.201. The first-order valence-electron chi connectivity index (χ1n) is 7.28. The molecule has 0 saturated carbocycles. The molecule has 0 aliphatic carbocycles. The Kier molecular flexibility index (Phi) is 5.72. The van der Waals surface area contributed by atoms with E-state index in [-0.39, 0.29) is 19.4 Å². The molecule has 0 saturated heterocycles. The number of hydrogen-bond acceptors (Lipinski definition) is 4. The topological polar surface area (TPSA) is 72.3 Å². The molecule has 24 heavy (non-hydrogen) atoms. The van der Waals surface area contributed by atoms with Gasteiger partial charge in [-0.3, -0.25) is 0 Å². The molecule has 0 N–H and O–H groups in total. The Bertz CT molecular complexity index is 856. The molecular formula is C15H17BrClN3O3S. The predicted octanol–water partition coefficient (Wildman–Crippen LogP) is 3.75.